The molecule has 0 aromatic heterocycles. The van der Waals surface area contributed by atoms with E-state index in [9.17, 15) is 18.6 Å². The minimum absolute atomic E-state index is 0.126. The van der Waals surface area contributed by atoms with Gasteiger partial charge in [-0.25, -0.2) is 8.42 Å². The van der Waals surface area contributed by atoms with E-state index in [4.69, 9.17) is 16.3 Å². The Balaban J connectivity index is 1.58. The Morgan fingerprint density at radius 1 is 0.848 bits per heavy atom. The van der Waals surface area contributed by atoms with E-state index in [2.05, 4.69) is 0 Å². The number of nitrogens with zero attached hydrogens (tertiary/aromatic N) is 1. The van der Waals surface area contributed by atoms with E-state index in [0.717, 1.165) is 22.3 Å². The van der Waals surface area contributed by atoms with Crippen LogP contribution in [0.3, 0.4) is 0 Å². The van der Waals surface area contributed by atoms with Crippen molar-refractivity contribution in [2.24, 2.45) is 0 Å². The molecule has 0 spiro atoms. The predicted octanol–water partition coefficient (Wildman–Crippen LogP) is 4.67. The van der Waals surface area contributed by atoms with Gasteiger partial charge < -0.3 is 14.9 Å². The Bertz CT molecular complexity index is 1320. The number of benzene rings is 3. The van der Waals surface area contributed by atoms with Crippen LogP contribution in [0.5, 0.6) is 11.5 Å². The third kappa shape index (κ3) is 3.76. The van der Waals surface area contributed by atoms with Gasteiger partial charge in [0.05, 0.1) is 11.8 Å². The number of halogens is 1. The van der Waals surface area contributed by atoms with Crippen molar-refractivity contribution in [2.45, 2.75) is 23.9 Å². The molecular formula is C25H22ClNO5S. The van der Waals surface area contributed by atoms with Crippen molar-refractivity contribution in [3.05, 3.63) is 88.9 Å². The first-order valence-corrected chi connectivity index (χ1v) is 12.4. The summed E-state index contributed by atoms with van der Waals surface area (Å²) in [7, 11) is -2.22. The van der Waals surface area contributed by atoms with Gasteiger partial charge in [-0.1, -0.05) is 35.9 Å². The largest absolute Gasteiger partial charge is 0.508 e. The van der Waals surface area contributed by atoms with Gasteiger partial charge in [0, 0.05) is 12.1 Å². The second kappa shape index (κ2) is 8.09. The highest BCUT2D eigenvalue weighted by atomic mass is 35.5. The average molecular weight is 484 g/mol. The highest BCUT2D eigenvalue weighted by molar-refractivity contribution is 7.93. The number of phenols is 2. The van der Waals surface area contributed by atoms with Gasteiger partial charge >= 0.3 is 0 Å². The molecule has 5 rings (SSSR count). The molecule has 2 bridgehead atoms. The summed E-state index contributed by atoms with van der Waals surface area (Å²) < 4.78 is 34.8. The molecule has 170 valence electrons. The van der Waals surface area contributed by atoms with Crippen molar-refractivity contribution in [1.82, 2.24) is 0 Å². The van der Waals surface area contributed by atoms with Gasteiger partial charge in [-0.2, -0.15) is 0 Å². The molecule has 3 atom stereocenters. The molecule has 0 saturated carbocycles. The van der Waals surface area contributed by atoms with E-state index < -0.39 is 27.5 Å². The maximum absolute atomic E-state index is 13.6. The van der Waals surface area contributed by atoms with Crippen molar-refractivity contribution in [2.75, 3.05) is 11.4 Å². The first-order chi connectivity index (χ1) is 15.8. The molecule has 2 N–H and O–H groups in total. The topological polar surface area (TPSA) is 87.1 Å². The normalized spacial score (nSPS) is 22.1. The molecule has 8 heteroatoms. The maximum Gasteiger partial charge on any atom is 0.240 e. The summed E-state index contributed by atoms with van der Waals surface area (Å²) in [5.74, 6) is 0.279. The average Bonchev–Trinajstić information content (AvgIpc) is 3.40. The number of fused-ring (bicyclic) bond motifs is 2. The molecule has 3 aromatic carbocycles. The van der Waals surface area contributed by atoms with Crippen LogP contribution >= 0.6 is 11.6 Å². The van der Waals surface area contributed by atoms with E-state index >= 15 is 0 Å². The molecule has 2 aliphatic heterocycles. The van der Waals surface area contributed by atoms with E-state index in [0.29, 0.717) is 17.1 Å². The van der Waals surface area contributed by atoms with E-state index in [1.165, 1.54) is 11.4 Å². The Morgan fingerprint density at radius 3 is 1.91 bits per heavy atom. The van der Waals surface area contributed by atoms with Crippen molar-refractivity contribution < 1.29 is 23.4 Å². The zero-order valence-electron chi connectivity index (χ0n) is 17.7. The lowest BCUT2D eigenvalue weighted by molar-refractivity contribution is 0.128. The zero-order valence-corrected chi connectivity index (χ0v) is 19.3. The molecular weight excluding hydrogens is 462 g/mol. The van der Waals surface area contributed by atoms with Gasteiger partial charge in [0.1, 0.15) is 22.9 Å². The van der Waals surface area contributed by atoms with E-state index in [1.807, 2.05) is 0 Å². The van der Waals surface area contributed by atoms with Crippen LogP contribution in [0.2, 0.25) is 5.02 Å². The summed E-state index contributed by atoms with van der Waals surface area (Å²) in [5, 5.41) is 19.2. The molecule has 2 aliphatic rings. The van der Waals surface area contributed by atoms with Crippen molar-refractivity contribution in [3.8, 4) is 11.5 Å². The van der Waals surface area contributed by atoms with Crippen LogP contribution in [0, 0.1) is 0 Å². The lowest BCUT2D eigenvalue weighted by Gasteiger charge is -2.29. The summed E-state index contributed by atoms with van der Waals surface area (Å²) in [4.78, 5) is 0. The quantitative estimate of drug-likeness (QED) is 0.550. The van der Waals surface area contributed by atoms with Gasteiger partial charge in [-0.3, -0.25) is 4.31 Å². The molecule has 3 aromatic rings. The van der Waals surface area contributed by atoms with Crippen LogP contribution in [0.25, 0.3) is 11.1 Å². The summed E-state index contributed by atoms with van der Waals surface area (Å²) in [6.07, 6.45) is -0.743. The molecule has 0 radical (unpaired) electrons. The molecule has 2 heterocycles. The van der Waals surface area contributed by atoms with Crippen LogP contribution in [-0.4, -0.2) is 43.1 Å². The first-order valence-electron chi connectivity index (χ1n) is 10.5. The summed E-state index contributed by atoms with van der Waals surface area (Å²) in [6, 6.07) is 20.2. The van der Waals surface area contributed by atoms with Gasteiger partial charge in [0.2, 0.25) is 10.0 Å². The Hall–Kier alpha value is -3.00. The molecule has 0 amide bonds. The number of aromatic hydroxyl groups is 2. The summed E-state index contributed by atoms with van der Waals surface area (Å²) in [5.41, 5.74) is 3.88. The van der Waals surface area contributed by atoms with Crippen LogP contribution < -0.4 is 4.31 Å². The van der Waals surface area contributed by atoms with Gasteiger partial charge in [-0.05, 0) is 77.2 Å². The van der Waals surface area contributed by atoms with E-state index in [-0.39, 0.29) is 11.5 Å². The first kappa shape index (κ1) is 21.8. The fourth-order valence-electron chi connectivity index (χ4n) is 4.64. The fraction of sp³-hybridized carbons (Fsp3) is 0.200. The zero-order chi connectivity index (χ0) is 23.3. The minimum Gasteiger partial charge on any atom is -0.508 e. The van der Waals surface area contributed by atoms with E-state index in [1.54, 1.807) is 72.8 Å². The second-order valence-electron chi connectivity index (χ2n) is 8.23. The second-order valence-corrected chi connectivity index (χ2v) is 10.8. The van der Waals surface area contributed by atoms with Crippen molar-refractivity contribution in [3.63, 3.8) is 0 Å². The molecule has 33 heavy (non-hydrogen) atoms. The SMILES string of the molecule is CN(c1ccc(Cl)cc1)S(=O)(=O)[C@H]1C[C@H]2O[C@@H]1C(c1ccc(O)cc1)=C2c1ccc(O)cc1. The lowest BCUT2D eigenvalue weighted by atomic mass is 9.83. The molecule has 6 nitrogen and oxygen atoms in total. The Morgan fingerprint density at radius 2 is 1.36 bits per heavy atom. The standard InChI is InChI=1S/C25H22ClNO5S/c1-27(18-8-6-17(26)7-9-18)33(30,31)22-14-21-23(15-2-10-19(28)11-3-15)24(25(22)32-21)16-4-12-20(29)13-5-16/h2-13,21-22,25,28-29H,14H2,1H3/t21-,22+,25+/m1/s1. The molecule has 0 unspecified atom stereocenters. The highest BCUT2D eigenvalue weighted by Gasteiger charge is 2.53. The molecule has 1 fully saturated rings. The number of hydrogen-bond acceptors (Lipinski definition) is 5. The third-order valence-corrected chi connectivity index (χ3v) is 8.73. The van der Waals surface area contributed by atoms with Crippen molar-refractivity contribution >= 4 is 38.5 Å². The maximum atomic E-state index is 13.6. The summed E-state index contributed by atoms with van der Waals surface area (Å²) in [6.45, 7) is 0. The third-order valence-electron chi connectivity index (χ3n) is 6.30. The Labute approximate surface area is 197 Å². The number of anilines is 1. The van der Waals surface area contributed by atoms with Crippen LogP contribution in [0.4, 0.5) is 5.69 Å². The number of rotatable bonds is 5. The summed E-state index contributed by atoms with van der Waals surface area (Å²) >= 11 is 5.96. The van der Waals surface area contributed by atoms with Crippen LogP contribution in [0.1, 0.15) is 17.5 Å². The smallest absolute Gasteiger partial charge is 0.240 e. The number of sulfonamides is 1. The molecule has 1 saturated heterocycles. The lowest BCUT2D eigenvalue weighted by Crippen LogP contribution is -2.42. The molecule has 0 aliphatic carbocycles. The van der Waals surface area contributed by atoms with Crippen LogP contribution in [-0.2, 0) is 14.8 Å². The number of hydrogen-bond donors (Lipinski definition) is 2. The van der Waals surface area contributed by atoms with Gasteiger partial charge in [0.25, 0.3) is 0 Å². The number of phenolic OH excluding ortho intramolecular Hbond substituents is 2. The number of ether oxygens (including phenoxy) is 1. The van der Waals surface area contributed by atoms with Crippen molar-refractivity contribution in [1.29, 1.82) is 0 Å². The minimum atomic E-state index is -3.76. The highest BCUT2D eigenvalue weighted by Crippen LogP contribution is 2.51. The monoisotopic (exact) mass is 483 g/mol. The fourth-order valence-corrected chi connectivity index (χ4v) is 6.52. The predicted molar refractivity (Wildman–Crippen MR) is 129 cm³/mol. The Kier molecular flexibility index (Phi) is 5.35. The van der Waals surface area contributed by atoms with Gasteiger partial charge in [-0.15, -0.1) is 0 Å². The van der Waals surface area contributed by atoms with Gasteiger partial charge in [0.15, 0.2) is 0 Å². The van der Waals surface area contributed by atoms with Crippen LogP contribution in [0.15, 0.2) is 72.8 Å².